The number of aliphatic hydroxyl groups excluding tert-OH is 2. The van der Waals surface area contributed by atoms with E-state index < -0.39 is 12.4 Å². The largest absolute Gasteiger partial charge is 0.464 e. The fraction of sp³-hybridized carbons (Fsp3) is 0.440. The van der Waals surface area contributed by atoms with E-state index in [4.69, 9.17) is 19.0 Å². The van der Waals surface area contributed by atoms with E-state index in [0.29, 0.717) is 12.8 Å². The molecule has 0 unspecified atom stereocenters. The van der Waals surface area contributed by atoms with E-state index in [-0.39, 0.29) is 12.7 Å². The molecular formula is C25H30O5. The van der Waals surface area contributed by atoms with Crippen LogP contribution in [0.25, 0.3) is 11.0 Å². The monoisotopic (exact) mass is 410 g/mol. The van der Waals surface area contributed by atoms with Crippen molar-refractivity contribution in [2.75, 3.05) is 6.61 Å². The second kappa shape index (κ2) is 9.65. The molecule has 0 saturated carbocycles. The van der Waals surface area contributed by atoms with Crippen molar-refractivity contribution in [2.24, 2.45) is 0 Å². The SMILES string of the molecule is C[C@@H]1C[C@H](O)C[C@H](Oc2cccc3occ(CCc4ccc(CCCO)cc4)c23)O1. The average Bonchev–Trinajstić information content (AvgIpc) is 3.15. The van der Waals surface area contributed by atoms with E-state index >= 15 is 0 Å². The Morgan fingerprint density at radius 3 is 2.50 bits per heavy atom. The Morgan fingerprint density at radius 1 is 1.00 bits per heavy atom. The van der Waals surface area contributed by atoms with Crippen molar-refractivity contribution in [3.63, 3.8) is 0 Å². The van der Waals surface area contributed by atoms with Gasteiger partial charge in [-0.15, -0.1) is 0 Å². The summed E-state index contributed by atoms with van der Waals surface area (Å²) in [6, 6.07) is 14.4. The fourth-order valence-corrected chi connectivity index (χ4v) is 4.13. The van der Waals surface area contributed by atoms with Crippen LogP contribution in [0.15, 0.2) is 53.1 Å². The van der Waals surface area contributed by atoms with Crippen molar-refractivity contribution in [3.05, 3.63) is 65.4 Å². The van der Waals surface area contributed by atoms with Gasteiger partial charge in [0.2, 0.25) is 6.29 Å². The van der Waals surface area contributed by atoms with Gasteiger partial charge in [0.05, 0.1) is 23.9 Å². The minimum atomic E-state index is -0.455. The van der Waals surface area contributed by atoms with Crippen LogP contribution in [0.3, 0.4) is 0 Å². The highest BCUT2D eigenvalue weighted by atomic mass is 16.7. The maximum atomic E-state index is 10.0. The second-order valence-electron chi connectivity index (χ2n) is 8.15. The summed E-state index contributed by atoms with van der Waals surface area (Å²) in [5.74, 6) is 0.738. The van der Waals surface area contributed by atoms with Crippen LogP contribution in [0.5, 0.6) is 5.75 Å². The molecule has 5 nitrogen and oxygen atoms in total. The number of hydrogen-bond acceptors (Lipinski definition) is 5. The highest BCUT2D eigenvalue weighted by molar-refractivity contribution is 5.87. The standard InChI is InChI=1S/C25H30O5/c1-17-14-21(27)15-24(29-17)30-23-6-2-5-22-25(23)20(16-28-22)12-11-19-9-7-18(8-10-19)4-3-13-26/h2,5-10,16-17,21,24,26-27H,3-4,11-15H2,1H3/t17-,21+,24+/m1/s1. The molecule has 1 aromatic heterocycles. The Bertz CT molecular complexity index is 936. The zero-order valence-corrected chi connectivity index (χ0v) is 17.4. The number of ether oxygens (including phenoxy) is 2. The average molecular weight is 411 g/mol. The van der Waals surface area contributed by atoms with Gasteiger partial charge in [0.1, 0.15) is 11.3 Å². The summed E-state index contributed by atoms with van der Waals surface area (Å²) < 4.78 is 17.8. The lowest BCUT2D eigenvalue weighted by molar-refractivity contribution is -0.169. The molecule has 5 heteroatoms. The molecule has 1 aliphatic heterocycles. The highest BCUT2D eigenvalue weighted by Crippen LogP contribution is 2.33. The minimum absolute atomic E-state index is 0.0258. The van der Waals surface area contributed by atoms with Gasteiger partial charge in [0.25, 0.3) is 0 Å². The van der Waals surface area contributed by atoms with E-state index in [1.807, 2.05) is 31.4 Å². The number of aliphatic hydroxyl groups is 2. The van der Waals surface area contributed by atoms with Gasteiger partial charge in [0, 0.05) is 18.6 Å². The van der Waals surface area contributed by atoms with Crippen molar-refractivity contribution in [1.82, 2.24) is 0 Å². The molecule has 2 N–H and O–H groups in total. The quantitative estimate of drug-likeness (QED) is 0.576. The van der Waals surface area contributed by atoms with Gasteiger partial charge in [-0.25, -0.2) is 0 Å². The number of hydrogen-bond donors (Lipinski definition) is 2. The first-order valence-electron chi connectivity index (χ1n) is 10.8. The van der Waals surface area contributed by atoms with E-state index in [2.05, 4.69) is 24.3 Å². The van der Waals surface area contributed by atoms with Crippen molar-refractivity contribution in [3.8, 4) is 5.75 Å². The molecule has 0 bridgehead atoms. The molecule has 0 aliphatic carbocycles. The molecule has 30 heavy (non-hydrogen) atoms. The number of furan rings is 1. The van der Waals surface area contributed by atoms with E-state index in [9.17, 15) is 5.11 Å². The summed E-state index contributed by atoms with van der Waals surface area (Å²) in [6.07, 6.45) is 5.48. The normalized spacial score (nSPS) is 21.8. The molecule has 0 spiro atoms. The van der Waals surface area contributed by atoms with Crippen LogP contribution in [0, 0.1) is 0 Å². The van der Waals surface area contributed by atoms with Crippen LogP contribution in [0.2, 0.25) is 0 Å². The van der Waals surface area contributed by atoms with Gasteiger partial charge in [0.15, 0.2) is 0 Å². The lowest BCUT2D eigenvalue weighted by Crippen LogP contribution is -2.37. The van der Waals surface area contributed by atoms with Gasteiger partial charge in [-0.05, 0) is 62.3 Å². The van der Waals surface area contributed by atoms with Crippen LogP contribution < -0.4 is 4.74 Å². The maximum absolute atomic E-state index is 10.0. The predicted molar refractivity (Wildman–Crippen MR) is 116 cm³/mol. The third kappa shape index (κ3) is 5.04. The summed E-state index contributed by atoms with van der Waals surface area (Å²) in [5, 5.41) is 20.0. The fourth-order valence-electron chi connectivity index (χ4n) is 4.13. The predicted octanol–water partition coefficient (Wildman–Crippen LogP) is 4.41. The second-order valence-corrected chi connectivity index (χ2v) is 8.15. The molecule has 0 amide bonds. The van der Waals surface area contributed by atoms with Crippen LogP contribution in [-0.4, -0.2) is 35.3 Å². The van der Waals surface area contributed by atoms with Gasteiger partial charge < -0.3 is 24.1 Å². The van der Waals surface area contributed by atoms with Crippen LogP contribution >= 0.6 is 0 Å². The lowest BCUT2D eigenvalue weighted by Gasteiger charge is -2.31. The van der Waals surface area contributed by atoms with Crippen molar-refractivity contribution >= 4 is 11.0 Å². The molecular weight excluding hydrogens is 380 g/mol. The highest BCUT2D eigenvalue weighted by Gasteiger charge is 2.28. The number of benzene rings is 2. The van der Waals surface area contributed by atoms with E-state index in [0.717, 1.165) is 48.0 Å². The summed E-state index contributed by atoms with van der Waals surface area (Å²) in [6.45, 7) is 2.18. The summed E-state index contributed by atoms with van der Waals surface area (Å²) in [7, 11) is 0. The van der Waals surface area contributed by atoms with Gasteiger partial charge in [-0.3, -0.25) is 0 Å². The van der Waals surface area contributed by atoms with Crippen molar-refractivity contribution in [1.29, 1.82) is 0 Å². The lowest BCUT2D eigenvalue weighted by atomic mass is 10.0. The Morgan fingerprint density at radius 2 is 1.77 bits per heavy atom. The number of aryl methyl sites for hydroxylation is 3. The number of rotatable bonds is 8. The Kier molecular flexibility index (Phi) is 6.72. The molecule has 0 radical (unpaired) electrons. The zero-order valence-electron chi connectivity index (χ0n) is 17.4. The molecule has 2 heterocycles. The Hall–Kier alpha value is -2.34. The molecule has 4 rings (SSSR count). The topological polar surface area (TPSA) is 72.1 Å². The third-order valence-electron chi connectivity index (χ3n) is 5.68. The third-order valence-corrected chi connectivity index (χ3v) is 5.68. The molecule has 3 atom stereocenters. The van der Waals surface area contributed by atoms with Crippen molar-refractivity contribution < 1.29 is 24.1 Å². The Labute approximate surface area is 177 Å². The molecule has 1 aliphatic rings. The number of fused-ring (bicyclic) bond motifs is 1. The Balaban J connectivity index is 1.47. The first-order valence-corrected chi connectivity index (χ1v) is 10.8. The molecule has 160 valence electrons. The smallest absolute Gasteiger partial charge is 0.202 e. The molecule has 1 fully saturated rings. The molecule has 2 aromatic carbocycles. The van der Waals surface area contributed by atoms with Gasteiger partial charge in [-0.1, -0.05) is 30.3 Å². The van der Waals surface area contributed by atoms with E-state index in [1.54, 1.807) is 0 Å². The van der Waals surface area contributed by atoms with Crippen LogP contribution in [-0.2, 0) is 24.0 Å². The minimum Gasteiger partial charge on any atom is -0.464 e. The maximum Gasteiger partial charge on any atom is 0.202 e. The van der Waals surface area contributed by atoms with E-state index in [1.165, 1.54) is 11.1 Å². The summed E-state index contributed by atoms with van der Waals surface area (Å²) in [4.78, 5) is 0. The summed E-state index contributed by atoms with van der Waals surface area (Å²) >= 11 is 0. The van der Waals surface area contributed by atoms with Gasteiger partial charge in [-0.2, -0.15) is 0 Å². The summed E-state index contributed by atoms with van der Waals surface area (Å²) in [5.41, 5.74) is 4.42. The van der Waals surface area contributed by atoms with Crippen LogP contribution in [0.1, 0.15) is 42.9 Å². The molecule has 3 aromatic rings. The first-order chi connectivity index (χ1) is 14.6. The molecule has 1 saturated heterocycles. The first kappa shape index (κ1) is 20.9. The van der Waals surface area contributed by atoms with Gasteiger partial charge >= 0.3 is 0 Å². The zero-order chi connectivity index (χ0) is 20.9. The van der Waals surface area contributed by atoms with Crippen molar-refractivity contribution in [2.45, 2.75) is 63.9 Å². The van der Waals surface area contributed by atoms with Crippen LogP contribution in [0.4, 0.5) is 0 Å².